The zero-order chi connectivity index (χ0) is 17.4. The standard InChI is InChI=1S/C20H20O4/c1-3-23-18-12-9-16(10-13-18)11-14-19(21)24-20(22)15(2)17-7-5-4-6-8-17/h4-15H,3H2,1-2H3/b14-11+. The van der Waals surface area contributed by atoms with E-state index in [1.165, 1.54) is 6.08 Å². The van der Waals surface area contributed by atoms with E-state index >= 15 is 0 Å². The number of rotatable bonds is 6. The predicted octanol–water partition coefficient (Wildman–Crippen LogP) is 3.97. The molecular formula is C20H20O4. The van der Waals surface area contributed by atoms with Crippen molar-refractivity contribution in [1.29, 1.82) is 0 Å². The molecule has 0 heterocycles. The summed E-state index contributed by atoms with van der Waals surface area (Å²) in [5.41, 5.74) is 1.63. The van der Waals surface area contributed by atoms with Crippen LogP contribution in [0, 0.1) is 0 Å². The maximum atomic E-state index is 12.0. The van der Waals surface area contributed by atoms with Crippen molar-refractivity contribution in [1.82, 2.24) is 0 Å². The molecule has 2 aromatic rings. The molecule has 0 bridgehead atoms. The Labute approximate surface area is 141 Å². The van der Waals surface area contributed by atoms with Crippen molar-refractivity contribution in [3.63, 3.8) is 0 Å². The molecule has 0 fully saturated rings. The van der Waals surface area contributed by atoms with Crippen LogP contribution in [0.5, 0.6) is 5.75 Å². The maximum Gasteiger partial charge on any atom is 0.338 e. The summed E-state index contributed by atoms with van der Waals surface area (Å²) in [5, 5.41) is 0. The molecule has 0 saturated carbocycles. The van der Waals surface area contributed by atoms with Crippen LogP contribution in [-0.2, 0) is 14.3 Å². The summed E-state index contributed by atoms with van der Waals surface area (Å²) in [6.45, 7) is 4.22. The van der Waals surface area contributed by atoms with Gasteiger partial charge in [-0.05, 0) is 43.2 Å². The number of esters is 2. The lowest BCUT2D eigenvalue weighted by Crippen LogP contribution is -2.16. The second-order valence-electron chi connectivity index (χ2n) is 5.21. The second-order valence-corrected chi connectivity index (χ2v) is 5.21. The van der Waals surface area contributed by atoms with Gasteiger partial charge in [-0.25, -0.2) is 4.79 Å². The van der Waals surface area contributed by atoms with E-state index in [1.807, 2.05) is 61.5 Å². The summed E-state index contributed by atoms with van der Waals surface area (Å²) in [7, 11) is 0. The van der Waals surface area contributed by atoms with Gasteiger partial charge < -0.3 is 9.47 Å². The first-order chi connectivity index (χ1) is 11.6. The molecule has 0 amide bonds. The summed E-state index contributed by atoms with van der Waals surface area (Å²) in [6, 6.07) is 16.5. The van der Waals surface area contributed by atoms with Gasteiger partial charge in [0.15, 0.2) is 0 Å². The Balaban J connectivity index is 1.91. The van der Waals surface area contributed by atoms with Gasteiger partial charge in [0.25, 0.3) is 0 Å². The minimum Gasteiger partial charge on any atom is -0.494 e. The molecule has 0 radical (unpaired) electrons. The van der Waals surface area contributed by atoms with Crippen LogP contribution in [0.2, 0.25) is 0 Å². The summed E-state index contributed by atoms with van der Waals surface area (Å²) in [6.07, 6.45) is 2.84. The average Bonchev–Trinajstić information content (AvgIpc) is 2.61. The summed E-state index contributed by atoms with van der Waals surface area (Å²) < 4.78 is 10.2. The smallest absolute Gasteiger partial charge is 0.338 e. The molecule has 0 saturated heterocycles. The predicted molar refractivity (Wildman–Crippen MR) is 92.6 cm³/mol. The molecule has 0 N–H and O–H groups in total. The van der Waals surface area contributed by atoms with Gasteiger partial charge in [0.1, 0.15) is 5.75 Å². The van der Waals surface area contributed by atoms with E-state index in [0.29, 0.717) is 6.61 Å². The molecule has 0 aliphatic rings. The Morgan fingerprint density at radius 2 is 1.71 bits per heavy atom. The van der Waals surface area contributed by atoms with Crippen LogP contribution in [0.25, 0.3) is 6.08 Å². The summed E-state index contributed by atoms with van der Waals surface area (Å²) in [5.74, 6) is -0.975. The number of carbonyl (C=O) groups is 2. The Hall–Kier alpha value is -2.88. The fraction of sp³-hybridized carbons (Fsp3) is 0.200. The molecule has 1 atom stereocenters. The van der Waals surface area contributed by atoms with Gasteiger partial charge in [-0.3, -0.25) is 4.79 Å². The van der Waals surface area contributed by atoms with Crippen LogP contribution in [0.3, 0.4) is 0 Å². The normalized spacial score (nSPS) is 11.9. The Morgan fingerprint density at radius 1 is 1.04 bits per heavy atom. The highest BCUT2D eigenvalue weighted by Crippen LogP contribution is 2.16. The highest BCUT2D eigenvalue weighted by atomic mass is 16.6. The Morgan fingerprint density at radius 3 is 2.33 bits per heavy atom. The van der Waals surface area contributed by atoms with Crippen LogP contribution in [0.4, 0.5) is 0 Å². The van der Waals surface area contributed by atoms with E-state index < -0.39 is 17.9 Å². The molecule has 124 valence electrons. The fourth-order valence-electron chi connectivity index (χ4n) is 2.11. The van der Waals surface area contributed by atoms with Crippen LogP contribution >= 0.6 is 0 Å². The van der Waals surface area contributed by atoms with Crippen LogP contribution in [0.1, 0.15) is 30.9 Å². The summed E-state index contributed by atoms with van der Waals surface area (Å²) in [4.78, 5) is 23.8. The van der Waals surface area contributed by atoms with Crippen molar-refractivity contribution in [2.24, 2.45) is 0 Å². The zero-order valence-electron chi connectivity index (χ0n) is 13.8. The molecule has 0 aliphatic heterocycles. The fourth-order valence-corrected chi connectivity index (χ4v) is 2.11. The molecule has 2 rings (SSSR count). The van der Waals surface area contributed by atoms with E-state index in [-0.39, 0.29) is 0 Å². The van der Waals surface area contributed by atoms with Crippen molar-refractivity contribution >= 4 is 18.0 Å². The molecule has 0 spiro atoms. The third-order valence-corrected chi connectivity index (χ3v) is 3.46. The van der Waals surface area contributed by atoms with Gasteiger partial charge in [-0.1, -0.05) is 42.5 Å². The lowest BCUT2D eigenvalue weighted by molar-refractivity contribution is -0.157. The largest absolute Gasteiger partial charge is 0.494 e. The van der Waals surface area contributed by atoms with E-state index in [0.717, 1.165) is 16.9 Å². The van der Waals surface area contributed by atoms with E-state index in [9.17, 15) is 9.59 Å². The minimum absolute atomic E-state index is 0.492. The van der Waals surface area contributed by atoms with Crippen LogP contribution in [0.15, 0.2) is 60.7 Å². The highest BCUT2D eigenvalue weighted by Gasteiger charge is 2.18. The first kappa shape index (κ1) is 17.5. The molecule has 24 heavy (non-hydrogen) atoms. The lowest BCUT2D eigenvalue weighted by atomic mass is 10.0. The zero-order valence-corrected chi connectivity index (χ0v) is 13.8. The van der Waals surface area contributed by atoms with Crippen molar-refractivity contribution in [3.05, 3.63) is 71.8 Å². The van der Waals surface area contributed by atoms with Gasteiger partial charge in [-0.15, -0.1) is 0 Å². The number of hydrogen-bond acceptors (Lipinski definition) is 4. The monoisotopic (exact) mass is 324 g/mol. The lowest BCUT2D eigenvalue weighted by Gasteiger charge is -2.09. The van der Waals surface area contributed by atoms with Crippen molar-refractivity contribution < 1.29 is 19.1 Å². The molecule has 0 aromatic heterocycles. The van der Waals surface area contributed by atoms with Crippen molar-refractivity contribution in [3.8, 4) is 5.75 Å². The van der Waals surface area contributed by atoms with Crippen molar-refractivity contribution in [2.45, 2.75) is 19.8 Å². The van der Waals surface area contributed by atoms with E-state index in [1.54, 1.807) is 13.0 Å². The first-order valence-corrected chi connectivity index (χ1v) is 7.81. The molecule has 2 aromatic carbocycles. The van der Waals surface area contributed by atoms with E-state index in [2.05, 4.69) is 0 Å². The topological polar surface area (TPSA) is 52.6 Å². The van der Waals surface area contributed by atoms with Crippen LogP contribution < -0.4 is 4.74 Å². The SMILES string of the molecule is CCOc1ccc(/C=C/C(=O)OC(=O)C(C)c2ccccc2)cc1. The Kier molecular flexibility index (Phi) is 6.32. The first-order valence-electron chi connectivity index (χ1n) is 7.81. The quantitative estimate of drug-likeness (QED) is 0.458. The molecular weight excluding hydrogens is 304 g/mol. The second kappa shape index (κ2) is 8.67. The highest BCUT2D eigenvalue weighted by molar-refractivity contribution is 5.96. The Bertz CT molecular complexity index is 702. The van der Waals surface area contributed by atoms with Gasteiger partial charge in [0, 0.05) is 6.08 Å². The molecule has 4 nitrogen and oxygen atoms in total. The molecule has 1 unspecified atom stereocenters. The molecule has 4 heteroatoms. The van der Waals surface area contributed by atoms with E-state index in [4.69, 9.17) is 9.47 Å². The third kappa shape index (κ3) is 5.09. The van der Waals surface area contributed by atoms with Crippen LogP contribution in [-0.4, -0.2) is 18.5 Å². The number of benzene rings is 2. The van der Waals surface area contributed by atoms with Crippen molar-refractivity contribution in [2.75, 3.05) is 6.61 Å². The maximum absolute atomic E-state index is 12.0. The summed E-state index contributed by atoms with van der Waals surface area (Å²) >= 11 is 0. The van der Waals surface area contributed by atoms with Gasteiger partial charge >= 0.3 is 11.9 Å². The number of ether oxygens (including phenoxy) is 2. The van der Waals surface area contributed by atoms with Gasteiger partial charge in [0.2, 0.25) is 0 Å². The third-order valence-electron chi connectivity index (χ3n) is 3.46. The number of carbonyl (C=O) groups excluding carboxylic acids is 2. The minimum atomic E-state index is -0.684. The number of hydrogen-bond donors (Lipinski definition) is 0. The van der Waals surface area contributed by atoms with Gasteiger partial charge in [0.05, 0.1) is 12.5 Å². The van der Waals surface area contributed by atoms with Gasteiger partial charge in [-0.2, -0.15) is 0 Å². The molecule has 0 aliphatic carbocycles. The average molecular weight is 324 g/mol.